The maximum atomic E-state index is 13.9. The zero-order chi connectivity index (χ0) is 25.1. The van der Waals surface area contributed by atoms with Crippen molar-refractivity contribution in [1.29, 1.82) is 0 Å². The molecule has 5 rings (SSSR count). The number of likely N-dealkylation sites (tertiary alicyclic amines) is 2. The van der Waals surface area contributed by atoms with Crippen molar-refractivity contribution in [3.63, 3.8) is 0 Å². The van der Waals surface area contributed by atoms with Crippen molar-refractivity contribution in [2.45, 2.75) is 44.6 Å². The van der Waals surface area contributed by atoms with Gasteiger partial charge < -0.3 is 24.9 Å². The fourth-order valence-electron chi connectivity index (χ4n) is 5.73. The van der Waals surface area contributed by atoms with Crippen LogP contribution in [-0.4, -0.2) is 77.5 Å². The number of nitrogens with zero attached hydrogens (tertiary/aromatic N) is 4. The third-order valence-corrected chi connectivity index (χ3v) is 7.76. The molecule has 3 aliphatic heterocycles. The van der Waals surface area contributed by atoms with Crippen LogP contribution >= 0.6 is 0 Å². The number of amides is 4. The Bertz CT molecular complexity index is 1110. The number of hydrogen-bond acceptors (Lipinski definition) is 4. The molecule has 0 aromatic heterocycles. The molecule has 0 aliphatic carbocycles. The molecule has 0 bridgehead atoms. The normalized spacial score (nSPS) is 19.6. The SMILES string of the molecule is Cc1cccc(NC(=O)N2CCC3(CC2)C(=O)N(CC(=O)N2CCCCC2)CN3c2ccccc2)c1. The molecule has 8 heteroatoms. The van der Waals surface area contributed by atoms with Crippen LogP contribution in [0.25, 0.3) is 0 Å². The summed E-state index contributed by atoms with van der Waals surface area (Å²) in [7, 11) is 0. The van der Waals surface area contributed by atoms with Gasteiger partial charge in [-0.05, 0) is 68.9 Å². The summed E-state index contributed by atoms with van der Waals surface area (Å²) in [6, 6.07) is 17.5. The summed E-state index contributed by atoms with van der Waals surface area (Å²) >= 11 is 0. The Labute approximate surface area is 212 Å². The molecule has 1 spiro atoms. The molecule has 1 N–H and O–H groups in total. The van der Waals surface area contributed by atoms with Crippen LogP contribution in [0.5, 0.6) is 0 Å². The van der Waals surface area contributed by atoms with E-state index in [9.17, 15) is 14.4 Å². The van der Waals surface area contributed by atoms with E-state index < -0.39 is 5.54 Å². The lowest BCUT2D eigenvalue weighted by molar-refractivity contribution is -0.141. The predicted molar refractivity (Wildman–Crippen MR) is 140 cm³/mol. The first-order valence-electron chi connectivity index (χ1n) is 13.0. The number of para-hydroxylation sites is 1. The predicted octanol–water partition coefficient (Wildman–Crippen LogP) is 3.68. The van der Waals surface area contributed by atoms with Crippen molar-refractivity contribution >= 4 is 29.2 Å². The number of nitrogens with one attached hydrogen (secondary N) is 1. The van der Waals surface area contributed by atoms with Crippen molar-refractivity contribution < 1.29 is 14.4 Å². The maximum absolute atomic E-state index is 13.9. The first kappa shape index (κ1) is 24.2. The second-order valence-electron chi connectivity index (χ2n) is 10.2. The van der Waals surface area contributed by atoms with Crippen molar-refractivity contribution in [1.82, 2.24) is 14.7 Å². The molecule has 190 valence electrons. The Morgan fingerprint density at radius 2 is 1.61 bits per heavy atom. The van der Waals surface area contributed by atoms with Crippen LogP contribution in [0.15, 0.2) is 54.6 Å². The number of urea groups is 1. The molecule has 8 nitrogen and oxygen atoms in total. The van der Waals surface area contributed by atoms with Crippen molar-refractivity contribution in [3.8, 4) is 0 Å². The summed E-state index contributed by atoms with van der Waals surface area (Å²) in [6.45, 7) is 4.99. The number of anilines is 2. The molecule has 3 saturated heterocycles. The smallest absolute Gasteiger partial charge is 0.321 e. The van der Waals surface area contributed by atoms with Gasteiger partial charge in [0.15, 0.2) is 0 Å². The largest absolute Gasteiger partial charge is 0.341 e. The van der Waals surface area contributed by atoms with E-state index in [1.165, 1.54) is 0 Å². The fraction of sp³-hybridized carbons (Fsp3) is 0.464. The molecule has 3 heterocycles. The summed E-state index contributed by atoms with van der Waals surface area (Å²) in [5.41, 5.74) is 2.07. The summed E-state index contributed by atoms with van der Waals surface area (Å²) < 4.78 is 0. The summed E-state index contributed by atoms with van der Waals surface area (Å²) in [5, 5.41) is 2.98. The first-order chi connectivity index (χ1) is 17.5. The summed E-state index contributed by atoms with van der Waals surface area (Å²) in [6.07, 6.45) is 4.26. The van der Waals surface area contributed by atoms with Crippen molar-refractivity contribution in [2.75, 3.05) is 49.6 Å². The molecule has 2 aromatic carbocycles. The molecule has 0 saturated carbocycles. The van der Waals surface area contributed by atoms with Gasteiger partial charge in [-0.15, -0.1) is 0 Å². The number of aryl methyl sites for hydroxylation is 1. The van der Waals surface area contributed by atoms with Crippen LogP contribution in [0.2, 0.25) is 0 Å². The Balaban J connectivity index is 1.31. The second-order valence-corrected chi connectivity index (χ2v) is 10.2. The molecule has 3 fully saturated rings. The van der Waals surface area contributed by atoms with Gasteiger partial charge in [-0.1, -0.05) is 30.3 Å². The highest BCUT2D eigenvalue weighted by atomic mass is 16.2. The van der Waals surface area contributed by atoms with E-state index in [4.69, 9.17) is 0 Å². The van der Waals surface area contributed by atoms with Gasteiger partial charge in [-0.25, -0.2) is 4.79 Å². The lowest BCUT2D eigenvalue weighted by Crippen LogP contribution is -2.58. The molecule has 0 atom stereocenters. The van der Waals surface area contributed by atoms with Gasteiger partial charge in [0.05, 0.1) is 6.67 Å². The van der Waals surface area contributed by atoms with E-state index in [0.717, 1.165) is 49.3 Å². The van der Waals surface area contributed by atoms with Gasteiger partial charge in [-0.3, -0.25) is 9.59 Å². The van der Waals surface area contributed by atoms with E-state index in [-0.39, 0.29) is 24.4 Å². The quantitative estimate of drug-likeness (QED) is 0.711. The average Bonchev–Trinajstić information content (AvgIpc) is 3.16. The third kappa shape index (κ3) is 4.76. The first-order valence-corrected chi connectivity index (χ1v) is 13.0. The molecule has 0 unspecified atom stereocenters. The summed E-state index contributed by atoms with van der Waals surface area (Å²) in [4.78, 5) is 47.4. The van der Waals surface area contributed by atoms with Crippen molar-refractivity contribution in [3.05, 3.63) is 60.2 Å². The number of piperidine rings is 2. The molecule has 3 aliphatic rings. The Hall–Kier alpha value is -3.55. The van der Waals surface area contributed by atoms with Gasteiger partial charge in [-0.2, -0.15) is 0 Å². The van der Waals surface area contributed by atoms with Gasteiger partial charge in [0.1, 0.15) is 12.1 Å². The van der Waals surface area contributed by atoms with Crippen LogP contribution in [-0.2, 0) is 9.59 Å². The maximum Gasteiger partial charge on any atom is 0.321 e. The highest BCUT2D eigenvalue weighted by Gasteiger charge is 2.54. The average molecular weight is 490 g/mol. The molecule has 4 amide bonds. The minimum Gasteiger partial charge on any atom is -0.341 e. The van der Waals surface area contributed by atoms with Crippen LogP contribution in [0.3, 0.4) is 0 Å². The molecule has 0 radical (unpaired) electrons. The van der Waals surface area contributed by atoms with E-state index in [1.807, 2.05) is 66.4 Å². The van der Waals surface area contributed by atoms with Crippen LogP contribution in [0, 0.1) is 6.92 Å². The highest BCUT2D eigenvalue weighted by Crippen LogP contribution is 2.39. The van der Waals surface area contributed by atoms with Crippen LogP contribution < -0.4 is 10.2 Å². The minimum absolute atomic E-state index is 0.00421. The fourth-order valence-corrected chi connectivity index (χ4v) is 5.73. The molecule has 2 aromatic rings. The Morgan fingerprint density at radius 1 is 0.889 bits per heavy atom. The molecular formula is C28H35N5O3. The monoisotopic (exact) mass is 489 g/mol. The van der Waals surface area contributed by atoms with E-state index >= 15 is 0 Å². The molecular weight excluding hydrogens is 454 g/mol. The second kappa shape index (κ2) is 10.2. The summed E-state index contributed by atoms with van der Waals surface area (Å²) in [5.74, 6) is 0.0264. The standard InChI is InChI=1S/C28H35N5O3/c1-22-9-8-10-23(19-22)29-27(36)31-17-13-28(14-18-31)26(35)32(20-25(34)30-15-6-3-7-16-30)21-33(28)24-11-4-2-5-12-24/h2,4-5,8-12,19H,3,6-7,13-18,20-21H2,1H3,(H,29,36). The van der Waals surface area contributed by atoms with Gasteiger partial charge >= 0.3 is 6.03 Å². The zero-order valence-electron chi connectivity index (χ0n) is 21.0. The van der Waals surface area contributed by atoms with E-state index in [1.54, 1.807) is 9.80 Å². The number of benzene rings is 2. The third-order valence-electron chi connectivity index (χ3n) is 7.76. The lowest BCUT2D eigenvalue weighted by Gasteiger charge is -2.43. The number of rotatable bonds is 4. The highest BCUT2D eigenvalue weighted by molar-refractivity contribution is 5.97. The number of carbonyl (C=O) groups excluding carboxylic acids is 3. The Kier molecular flexibility index (Phi) is 6.85. The van der Waals surface area contributed by atoms with Gasteiger partial charge in [0, 0.05) is 37.6 Å². The van der Waals surface area contributed by atoms with Crippen molar-refractivity contribution in [2.24, 2.45) is 0 Å². The molecule has 36 heavy (non-hydrogen) atoms. The van der Waals surface area contributed by atoms with Crippen LogP contribution in [0.1, 0.15) is 37.7 Å². The lowest BCUT2D eigenvalue weighted by atomic mass is 9.85. The van der Waals surface area contributed by atoms with E-state index in [2.05, 4.69) is 10.2 Å². The Morgan fingerprint density at radius 3 is 2.31 bits per heavy atom. The van der Waals surface area contributed by atoms with Crippen LogP contribution in [0.4, 0.5) is 16.2 Å². The topological polar surface area (TPSA) is 76.2 Å². The van der Waals surface area contributed by atoms with Gasteiger partial charge in [0.2, 0.25) is 5.91 Å². The number of hydrogen-bond donors (Lipinski definition) is 1. The van der Waals surface area contributed by atoms with Gasteiger partial charge in [0.25, 0.3) is 5.91 Å². The number of carbonyl (C=O) groups is 3. The van der Waals surface area contributed by atoms with E-state index in [0.29, 0.717) is 32.6 Å². The minimum atomic E-state index is -0.746. The zero-order valence-corrected chi connectivity index (χ0v) is 21.0.